The van der Waals surface area contributed by atoms with Gasteiger partial charge in [-0.3, -0.25) is 9.78 Å². The number of carbonyl (C=O) groups excluding carboxylic acids is 1. The Morgan fingerprint density at radius 2 is 1.72 bits per heavy atom. The lowest BCUT2D eigenvalue weighted by molar-refractivity contribution is -0.145. The van der Waals surface area contributed by atoms with E-state index in [2.05, 4.69) is 10.3 Å². The predicted molar refractivity (Wildman–Crippen MR) is 114 cm³/mol. The van der Waals surface area contributed by atoms with Crippen molar-refractivity contribution in [3.8, 4) is 22.4 Å². The molecule has 148 valence electrons. The second-order valence-corrected chi connectivity index (χ2v) is 7.66. The number of nitrogens with one attached hydrogen (secondary N) is 1. The molecule has 0 bridgehead atoms. The van der Waals surface area contributed by atoms with Crippen molar-refractivity contribution in [2.24, 2.45) is 0 Å². The van der Waals surface area contributed by atoms with E-state index in [0.29, 0.717) is 16.4 Å². The Morgan fingerprint density at radius 1 is 1.00 bits per heavy atom. The maximum Gasteiger partial charge on any atom is 0.328 e. The fraction of sp³-hybridized carbons (Fsp3) is 0.174. The molecule has 3 aromatic rings. The zero-order valence-corrected chi connectivity index (χ0v) is 16.9. The summed E-state index contributed by atoms with van der Waals surface area (Å²) in [5.41, 5.74) is 2.77. The van der Waals surface area contributed by atoms with E-state index in [1.807, 2.05) is 54.6 Å². The van der Waals surface area contributed by atoms with Gasteiger partial charge < -0.3 is 10.4 Å². The van der Waals surface area contributed by atoms with Crippen LogP contribution in [0.4, 0.5) is 0 Å². The molecule has 0 spiro atoms. The quantitative estimate of drug-likeness (QED) is 0.625. The number of carboxylic acid groups (broad SMARTS) is 1. The van der Waals surface area contributed by atoms with E-state index in [1.54, 1.807) is 12.1 Å². The molecule has 2 N–H and O–H groups in total. The van der Waals surface area contributed by atoms with Gasteiger partial charge in [0.2, 0.25) is 5.91 Å². The highest BCUT2D eigenvalue weighted by molar-refractivity contribution is 6.31. The van der Waals surface area contributed by atoms with Crippen molar-refractivity contribution in [1.82, 2.24) is 10.3 Å². The minimum absolute atomic E-state index is 0.0151. The average Bonchev–Trinajstić information content (AvgIpc) is 2.68. The number of carbonyl (C=O) groups is 2. The van der Waals surface area contributed by atoms with Gasteiger partial charge in [0.15, 0.2) is 0 Å². The number of aromatic nitrogens is 1. The van der Waals surface area contributed by atoms with E-state index in [9.17, 15) is 9.59 Å². The lowest BCUT2D eigenvalue weighted by atomic mass is 9.97. The largest absolute Gasteiger partial charge is 0.480 e. The number of aliphatic carboxylic acids is 1. The third kappa shape index (κ3) is 5.00. The smallest absolute Gasteiger partial charge is 0.328 e. The van der Waals surface area contributed by atoms with Crippen LogP contribution in [0.3, 0.4) is 0 Å². The molecule has 0 atom stereocenters. The number of pyridine rings is 1. The first kappa shape index (κ1) is 20.6. The SMILES string of the molecule is CC(C)(NC(=O)Cc1cccc(-c2ccc(Cl)cc2-c2ccccc2)n1)C(=O)O. The molecule has 3 rings (SSSR count). The molecule has 6 heteroatoms. The first-order valence-corrected chi connectivity index (χ1v) is 9.50. The summed E-state index contributed by atoms with van der Waals surface area (Å²) < 4.78 is 0. The molecule has 0 saturated heterocycles. The fourth-order valence-electron chi connectivity index (χ4n) is 2.94. The molecular formula is C23H21ClN2O3. The Morgan fingerprint density at radius 3 is 2.41 bits per heavy atom. The zero-order valence-electron chi connectivity index (χ0n) is 16.1. The van der Waals surface area contributed by atoms with Crippen LogP contribution in [0, 0.1) is 0 Å². The monoisotopic (exact) mass is 408 g/mol. The van der Waals surface area contributed by atoms with Gasteiger partial charge in [0.1, 0.15) is 5.54 Å². The van der Waals surface area contributed by atoms with Gasteiger partial charge in [0.05, 0.1) is 17.8 Å². The third-order valence-electron chi connectivity index (χ3n) is 4.48. The van der Waals surface area contributed by atoms with Crippen molar-refractivity contribution in [2.75, 3.05) is 0 Å². The molecule has 1 amide bonds. The van der Waals surface area contributed by atoms with Crippen LogP contribution in [0.2, 0.25) is 5.02 Å². The Bertz CT molecular complexity index is 1050. The fourth-order valence-corrected chi connectivity index (χ4v) is 3.11. The number of halogens is 1. The number of hydrogen-bond acceptors (Lipinski definition) is 3. The highest BCUT2D eigenvalue weighted by Crippen LogP contribution is 2.33. The lowest BCUT2D eigenvalue weighted by Gasteiger charge is -2.20. The van der Waals surface area contributed by atoms with Crippen LogP contribution in [0.1, 0.15) is 19.5 Å². The summed E-state index contributed by atoms with van der Waals surface area (Å²) >= 11 is 6.22. The Kier molecular flexibility index (Phi) is 5.99. The molecule has 2 aromatic carbocycles. The van der Waals surface area contributed by atoms with E-state index < -0.39 is 17.4 Å². The van der Waals surface area contributed by atoms with Crippen molar-refractivity contribution in [3.63, 3.8) is 0 Å². The topological polar surface area (TPSA) is 79.3 Å². The first-order valence-electron chi connectivity index (χ1n) is 9.12. The van der Waals surface area contributed by atoms with Gasteiger partial charge >= 0.3 is 5.97 Å². The molecule has 0 aliphatic carbocycles. The van der Waals surface area contributed by atoms with Gasteiger partial charge in [-0.2, -0.15) is 0 Å². The van der Waals surface area contributed by atoms with Crippen molar-refractivity contribution >= 4 is 23.5 Å². The van der Waals surface area contributed by atoms with Gasteiger partial charge in [-0.1, -0.05) is 54.1 Å². The van der Waals surface area contributed by atoms with Crippen molar-refractivity contribution in [1.29, 1.82) is 0 Å². The molecule has 0 aliphatic rings. The summed E-state index contributed by atoms with van der Waals surface area (Å²) in [6, 6.07) is 20.9. The van der Waals surface area contributed by atoms with Gasteiger partial charge in [0, 0.05) is 10.6 Å². The molecule has 1 aromatic heterocycles. The number of hydrogen-bond donors (Lipinski definition) is 2. The lowest BCUT2D eigenvalue weighted by Crippen LogP contribution is -2.50. The average molecular weight is 409 g/mol. The molecule has 29 heavy (non-hydrogen) atoms. The van der Waals surface area contributed by atoms with E-state index in [4.69, 9.17) is 16.7 Å². The van der Waals surface area contributed by atoms with E-state index in [0.717, 1.165) is 16.7 Å². The number of rotatable bonds is 6. The standard InChI is InChI=1S/C23H21ClN2O3/c1-23(2,22(28)29)26-21(27)14-17-9-6-10-20(25-17)18-12-11-16(24)13-19(18)15-7-4-3-5-8-15/h3-13H,14H2,1-2H3,(H,26,27)(H,28,29). The number of nitrogens with zero attached hydrogens (tertiary/aromatic N) is 1. The summed E-state index contributed by atoms with van der Waals surface area (Å²) in [5, 5.41) is 12.3. The molecule has 1 heterocycles. The second-order valence-electron chi connectivity index (χ2n) is 7.23. The van der Waals surface area contributed by atoms with Crippen molar-refractivity contribution in [3.05, 3.63) is 77.4 Å². The molecule has 5 nitrogen and oxygen atoms in total. The van der Waals surface area contributed by atoms with Crippen LogP contribution >= 0.6 is 11.6 Å². The molecule has 0 unspecified atom stereocenters. The molecule has 0 aliphatic heterocycles. The van der Waals surface area contributed by atoms with Crippen LogP contribution in [-0.4, -0.2) is 27.5 Å². The summed E-state index contributed by atoms with van der Waals surface area (Å²) in [7, 11) is 0. The summed E-state index contributed by atoms with van der Waals surface area (Å²) in [6.07, 6.45) is -0.0151. The highest BCUT2D eigenvalue weighted by atomic mass is 35.5. The van der Waals surface area contributed by atoms with Crippen LogP contribution < -0.4 is 5.32 Å². The Labute approximate surface area is 174 Å². The maximum absolute atomic E-state index is 12.3. The Balaban J connectivity index is 1.91. The summed E-state index contributed by atoms with van der Waals surface area (Å²) in [6.45, 7) is 2.88. The zero-order chi connectivity index (χ0) is 21.0. The van der Waals surface area contributed by atoms with Crippen LogP contribution in [0.5, 0.6) is 0 Å². The highest BCUT2D eigenvalue weighted by Gasteiger charge is 2.28. The molecular weight excluding hydrogens is 388 g/mol. The summed E-state index contributed by atoms with van der Waals surface area (Å²) in [5.74, 6) is -1.50. The van der Waals surface area contributed by atoms with Gasteiger partial charge in [-0.15, -0.1) is 0 Å². The molecule has 0 saturated carbocycles. The minimum Gasteiger partial charge on any atom is -0.480 e. The van der Waals surface area contributed by atoms with Crippen LogP contribution in [0.25, 0.3) is 22.4 Å². The van der Waals surface area contributed by atoms with Crippen molar-refractivity contribution in [2.45, 2.75) is 25.8 Å². The van der Waals surface area contributed by atoms with E-state index in [-0.39, 0.29) is 6.42 Å². The van der Waals surface area contributed by atoms with Gasteiger partial charge in [-0.25, -0.2) is 4.79 Å². The third-order valence-corrected chi connectivity index (χ3v) is 4.71. The van der Waals surface area contributed by atoms with Gasteiger partial charge in [0.25, 0.3) is 0 Å². The Hall–Kier alpha value is -3.18. The van der Waals surface area contributed by atoms with Crippen LogP contribution in [0.15, 0.2) is 66.7 Å². The van der Waals surface area contributed by atoms with E-state index >= 15 is 0 Å². The van der Waals surface area contributed by atoms with Gasteiger partial charge in [-0.05, 0) is 49.2 Å². The molecule has 0 radical (unpaired) electrons. The maximum atomic E-state index is 12.3. The number of carboxylic acids is 1. The van der Waals surface area contributed by atoms with Crippen molar-refractivity contribution < 1.29 is 14.7 Å². The predicted octanol–water partition coefficient (Wildman–Crippen LogP) is 4.59. The first-order chi connectivity index (χ1) is 13.8. The second kappa shape index (κ2) is 8.45. The minimum atomic E-state index is -1.34. The summed E-state index contributed by atoms with van der Waals surface area (Å²) in [4.78, 5) is 28.1. The number of benzene rings is 2. The van der Waals surface area contributed by atoms with E-state index in [1.165, 1.54) is 13.8 Å². The normalized spacial score (nSPS) is 11.1. The molecule has 0 fully saturated rings. The number of amides is 1. The van der Waals surface area contributed by atoms with Crippen LogP contribution in [-0.2, 0) is 16.0 Å².